The summed E-state index contributed by atoms with van der Waals surface area (Å²) in [6, 6.07) is 7.33. The zero-order valence-electron chi connectivity index (χ0n) is 19.3. The summed E-state index contributed by atoms with van der Waals surface area (Å²) >= 11 is 0. The summed E-state index contributed by atoms with van der Waals surface area (Å²) < 4.78 is 10.1. The number of carbonyl (C=O) groups is 2. The van der Waals surface area contributed by atoms with Gasteiger partial charge in [0.25, 0.3) is 0 Å². The molecule has 0 saturated carbocycles. The van der Waals surface area contributed by atoms with Crippen molar-refractivity contribution in [3.05, 3.63) is 46.2 Å². The molecule has 4 heterocycles. The minimum Gasteiger partial charge on any atom is -0.489 e. The number of ketones is 1. The highest BCUT2D eigenvalue weighted by atomic mass is 16.5. The second kappa shape index (κ2) is 7.57. The minimum atomic E-state index is -0.284. The Morgan fingerprint density at radius 3 is 2.73 bits per heavy atom. The summed E-state index contributed by atoms with van der Waals surface area (Å²) in [5, 5.41) is 8.70. The number of rotatable bonds is 4. The van der Waals surface area contributed by atoms with Gasteiger partial charge in [-0.05, 0) is 24.8 Å². The Morgan fingerprint density at radius 2 is 2.06 bits per heavy atom. The summed E-state index contributed by atoms with van der Waals surface area (Å²) in [6.07, 6.45) is 3.00. The molecule has 2 atom stereocenters. The normalized spacial score (nSPS) is 19.8. The predicted molar refractivity (Wildman–Crippen MR) is 125 cm³/mol. The third-order valence-corrected chi connectivity index (χ3v) is 6.64. The molecule has 1 fully saturated rings. The van der Waals surface area contributed by atoms with Crippen LogP contribution in [0, 0.1) is 5.41 Å². The van der Waals surface area contributed by atoms with Crippen LogP contribution in [-0.2, 0) is 11.3 Å². The maximum Gasteiger partial charge on any atom is 0.220 e. The topological polar surface area (TPSA) is 95.2 Å². The molecule has 5 rings (SSSR count). The lowest BCUT2D eigenvalue weighted by Gasteiger charge is -2.38. The lowest BCUT2D eigenvalue weighted by atomic mass is 9.84. The van der Waals surface area contributed by atoms with E-state index in [0.717, 1.165) is 28.7 Å². The number of hydrogen-bond acceptors (Lipinski definition) is 5. The van der Waals surface area contributed by atoms with Crippen LogP contribution in [0.2, 0.25) is 0 Å². The predicted octanol–water partition coefficient (Wildman–Crippen LogP) is 3.33. The van der Waals surface area contributed by atoms with E-state index in [2.05, 4.69) is 30.7 Å². The van der Waals surface area contributed by atoms with Crippen molar-refractivity contribution in [2.45, 2.75) is 59.2 Å². The summed E-state index contributed by atoms with van der Waals surface area (Å²) in [5.41, 5.74) is 2.10. The summed E-state index contributed by atoms with van der Waals surface area (Å²) in [5.74, 6) is 0.471. The highest BCUT2D eigenvalue weighted by Crippen LogP contribution is 2.43. The second-order valence-corrected chi connectivity index (χ2v) is 10.1. The number of benzene rings is 1. The largest absolute Gasteiger partial charge is 0.489 e. The quantitative estimate of drug-likeness (QED) is 0.618. The van der Waals surface area contributed by atoms with Crippen LogP contribution in [0.15, 0.2) is 35.3 Å². The van der Waals surface area contributed by atoms with Gasteiger partial charge in [0.2, 0.25) is 5.91 Å². The van der Waals surface area contributed by atoms with E-state index in [1.54, 1.807) is 12.3 Å². The first-order valence-electron chi connectivity index (χ1n) is 11.3. The average Bonchev–Trinajstić information content (AvgIpc) is 3.33. The van der Waals surface area contributed by atoms with E-state index in [9.17, 15) is 14.4 Å². The molecule has 0 bridgehead atoms. The first kappa shape index (κ1) is 21.4. The fourth-order valence-electron chi connectivity index (χ4n) is 4.84. The van der Waals surface area contributed by atoms with E-state index in [1.165, 1.54) is 6.92 Å². The summed E-state index contributed by atoms with van der Waals surface area (Å²) in [6.45, 7) is 8.85. The number of ether oxygens (including phenoxy) is 1. The van der Waals surface area contributed by atoms with Crippen molar-refractivity contribution in [3.63, 3.8) is 0 Å². The fraction of sp³-hybridized carbons (Fsp3) is 0.440. The number of carbonyl (C=O) groups excluding carboxylic acids is 2. The zero-order chi connectivity index (χ0) is 23.5. The Kier molecular flexibility index (Phi) is 4.92. The molecule has 1 N–H and O–H groups in total. The fourth-order valence-corrected chi connectivity index (χ4v) is 4.84. The van der Waals surface area contributed by atoms with E-state index in [-0.39, 0.29) is 40.2 Å². The number of amides is 1. The number of pyridine rings is 1. The van der Waals surface area contributed by atoms with Crippen molar-refractivity contribution in [1.82, 2.24) is 19.7 Å². The Labute approximate surface area is 191 Å². The van der Waals surface area contributed by atoms with Crippen LogP contribution in [0.1, 0.15) is 56.9 Å². The van der Waals surface area contributed by atoms with E-state index in [0.29, 0.717) is 25.3 Å². The third-order valence-electron chi connectivity index (χ3n) is 6.64. The van der Waals surface area contributed by atoms with Crippen LogP contribution in [-0.4, -0.2) is 38.7 Å². The molecule has 0 spiro atoms. The summed E-state index contributed by atoms with van der Waals surface area (Å²) in [4.78, 5) is 36.4. The van der Waals surface area contributed by atoms with Crippen LogP contribution in [0.4, 0.5) is 0 Å². The molecule has 0 radical (unpaired) electrons. The van der Waals surface area contributed by atoms with Gasteiger partial charge >= 0.3 is 0 Å². The maximum absolute atomic E-state index is 12.8. The zero-order valence-corrected chi connectivity index (χ0v) is 19.3. The highest BCUT2D eigenvalue weighted by molar-refractivity contribution is 5.97. The van der Waals surface area contributed by atoms with Gasteiger partial charge in [0.05, 0.1) is 35.6 Å². The number of hydrogen-bond donors (Lipinski definition) is 1. The van der Waals surface area contributed by atoms with Gasteiger partial charge < -0.3 is 14.6 Å². The minimum absolute atomic E-state index is 0.000397. The van der Waals surface area contributed by atoms with Crippen LogP contribution in [0.5, 0.6) is 5.75 Å². The molecule has 1 aromatic carbocycles. The average molecular weight is 449 g/mol. The Morgan fingerprint density at radius 1 is 1.27 bits per heavy atom. The van der Waals surface area contributed by atoms with Crippen molar-refractivity contribution in [3.8, 4) is 17.1 Å². The molecule has 2 aromatic heterocycles. The van der Waals surface area contributed by atoms with Crippen LogP contribution < -0.4 is 15.5 Å². The molecular weight excluding hydrogens is 420 g/mol. The molecule has 8 heteroatoms. The Balaban J connectivity index is 1.63. The molecule has 1 unspecified atom stereocenters. The van der Waals surface area contributed by atoms with E-state index < -0.39 is 0 Å². The third kappa shape index (κ3) is 3.63. The van der Waals surface area contributed by atoms with Crippen molar-refractivity contribution >= 4 is 22.6 Å². The first-order valence-corrected chi connectivity index (χ1v) is 11.3. The molecular formula is C25H28N4O4. The lowest BCUT2D eigenvalue weighted by Crippen LogP contribution is -2.35. The lowest BCUT2D eigenvalue weighted by molar-refractivity contribution is -0.119. The number of Topliss-reactive ketones (excluding diaryl/α,β-unsaturated/α-hetero) is 1. The van der Waals surface area contributed by atoms with Gasteiger partial charge in [-0.25, -0.2) is 0 Å². The van der Waals surface area contributed by atoms with Crippen molar-refractivity contribution < 1.29 is 14.3 Å². The molecule has 1 amide bonds. The highest BCUT2D eigenvalue weighted by Gasteiger charge is 2.35. The number of aromatic nitrogens is 3. The van der Waals surface area contributed by atoms with Gasteiger partial charge in [0.1, 0.15) is 17.9 Å². The molecule has 3 aromatic rings. The van der Waals surface area contributed by atoms with Gasteiger partial charge in [-0.3, -0.25) is 19.1 Å². The van der Waals surface area contributed by atoms with Gasteiger partial charge in [0.15, 0.2) is 11.2 Å². The maximum atomic E-state index is 12.8. The van der Waals surface area contributed by atoms with Crippen molar-refractivity contribution in [2.24, 2.45) is 5.41 Å². The van der Waals surface area contributed by atoms with Crippen LogP contribution in [0.25, 0.3) is 22.3 Å². The smallest absolute Gasteiger partial charge is 0.220 e. The first-order chi connectivity index (χ1) is 15.6. The van der Waals surface area contributed by atoms with E-state index in [4.69, 9.17) is 9.84 Å². The molecule has 0 aliphatic carbocycles. The molecule has 172 valence electrons. The molecule has 2 aliphatic heterocycles. The van der Waals surface area contributed by atoms with Gasteiger partial charge in [-0.15, -0.1) is 0 Å². The van der Waals surface area contributed by atoms with Crippen molar-refractivity contribution in [2.75, 3.05) is 6.61 Å². The van der Waals surface area contributed by atoms with Gasteiger partial charge in [-0.2, -0.15) is 5.10 Å². The summed E-state index contributed by atoms with van der Waals surface area (Å²) in [7, 11) is 0. The standard InChI is InChI=1S/C25H28N4O4/c1-14(30)17-11-28-18(10-19(17)31)24-16-6-5-7-20(33-13-15-8-9-22(32)26-15)23(16)27-29(24)12-21(28)25(2,3)4/h5-7,10-11,15,21H,8-9,12-13H2,1-4H3,(H,26,32)/t15-,21?/m0/s1. The monoisotopic (exact) mass is 448 g/mol. The molecule has 33 heavy (non-hydrogen) atoms. The van der Waals surface area contributed by atoms with Crippen LogP contribution >= 0.6 is 0 Å². The molecule has 8 nitrogen and oxygen atoms in total. The van der Waals surface area contributed by atoms with Crippen LogP contribution in [0.3, 0.4) is 0 Å². The van der Waals surface area contributed by atoms with E-state index in [1.807, 2.05) is 22.9 Å². The second-order valence-electron chi connectivity index (χ2n) is 10.1. The number of nitrogens with one attached hydrogen (secondary N) is 1. The molecule has 1 saturated heterocycles. The SMILES string of the molecule is CC(=O)c1cn2c(cc1=O)-c1c3cccc(OC[C@@H]4CCC(=O)N4)c3nn1CC2C(C)(C)C. The Bertz CT molecular complexity index is 1340. The number of fused-ring (bicyclic) bond motifs is 5. The Hall–Kier alpha value is -3.42. The van der Waals surface area contributed by atoms with Gasteiger partial charge in [-0.1, -0.05) is 32.9 Å². The van der Waals surface area contributed by atoms with Crippen molar-refractivity contribution in [1.29, 1.82) is 0 Å². The molecule has 2 aliphatic rings. The number of nitrogens with zero attached hydrogens (tertiary/aromatic N) is 3. The van der Waals surface area contributed by atoms with Gasteiger partial charge in [0, 0.05) is 24.1 Å². The van der Waals surface area contributed by atoms with E-state index >= 15 is 0 Å².